The Morgan fingerprint density at radius 1 is 1.35 bits per heavy atom. The van der Waals surface area contributed by atoms with Crippen LogP contribution in [0, 0.1) is 11.8 Å². The number of methoxy groups -OCH3 is 2. The number of nitrogens with one attached hydrogen (secondary N) is 1. The molecule has 0 saturated carbocycles. The number of hydrogen-bond donors (Lipinski definition) is 2. The second kappa shape index (κ2) is 9.32. The van der Waals surface area contributed by atoms with E-state index in [-0.39, 0.29) is 25.2 Å². The number of piperidine rings is 1. The first-order valence-electron chi connectivity index (χ1n) is 11.0. The summed E-state index contributed by atoms with van der Waals surface area (Å²) in [6.07, 6.45) is 4.69. The topological polar surface area (TPSA) is 84.0 Å². The summed E-state index contributed by atoms with van der Waals surface area (Å²) in [4.78, 5) is 17.1. The molecule has 7 heteroatoms. The highest BCUT2D eigenvalue weighted by Gasteiger charge is 2.41. The molecule has 2 aromatic rings. The lowest BCUT2D eigenvalue weighted by Gasteiger charge is -2.46. The Morgan fingerprint density at radius 2 is 2.19 bits per heavy atom. The molecule has 0 radical (unpaired) electrons. The number of rotatable bonds is 8. The summed E-state index contributed by atoms with van der Waals surface area (Å²) in [5.41, 5.74) is 5.42. The minimum Gasteiger partial charge on any atom is -0.504 e. The van der Waals surface area contributed by atoms with E-state index in [0.29, 0.717) is 12.4 Å². The fourth-order valence-corrected chi connectivity index (χ4v) is 5.61. The molecule has 168 valence electrons. The number of benzene rings is 1. The largest absolute Gasteiger partial charge is 0.504 e. The van der Waals surface area contributed by atoms with Gasteiger partial charge in [-0.2, -0.15) is 0 Å². The summed E-state index contributed by atoms with van der Waals surface area (Å²) in [5.74, 6) is 1.52. The molecular weight excluding hydrogens is 396 g/mol. The van der Waals surface area contributed by atoms with E-state index in [4.69, 9.17) is 14.2 Å². The van der Waals surface area contributed by atoms with Crippen LogP contribution in [0.15, 0.2) is 24.0 Å². The fraction of sp³-hybridized carbons (Fsp3) is 0.542. The number of aromatic nitrogens is 1. The zero-order chi connectivity index (χ0) is 22.0. The Kier molecular flexibility index (Phi) is 6.53. The Hall–Kier alpha value is -2.51. The third kappa shape index (κ3) is 3.81. The van der Waals surface area contributed by atoms with Crippen LogP contribution >= 0.6 is 0 Å². The molecule has 1 aromatic heterocycles. The number of carbonyl (C=O) groups is 1. The predicted molar refractivity (Wildman–Crippen MR) is 118 cm³/mol. The second-order valence-electron chi connectivity index (χ2n) is 8.46. The number of aromatic amines is 1. The fourth-order valence-electron chi connectivity index (χ4n) is 5.61. The maximum atomic E-state index is 10.8. The van der Waals surface area contributed by atoms with Gasteiger partial charge in [0.25, 0.3) is 6.47 Å². The lowest BCUT2D eigenvalue weighted by Crippen LogP contribution is -2.46. The molecule has 31 heavy (non-hydrogen) atoms. The van der Waals surface area contributed by atoms with E-state index in [1.165, 1.54) is 11.3 Å². The van der Waals surface area contributed by atoms with Crippen molar-refractivity contribution < 1.29 is 24.1 Å². The van der Waals surface area contributed by atoms with Crippen molar-refractivity contribution in [1.29, 1.82) is 0 Å². The van der Waals surface area contributed by atoms with Gasteiger partial charge in [-0.05, 0) is 36.3 Å². The van der Waals surface area contributed by atoms with Crippen molar-refractivity contribution in [2.45, 2.75) is 38.8 Å². The maximum Gasteiger partial charge on any atom is 0.293 e. The summed E-state index contributed by atoms with van der Waals surface area (Å²) >= 11 is 0. The van der Waals surface area contributed by atoms with E-state index >= 15 is 0 Å². The van der Waals surface area contributed by atoms with Crippen LogP contribution in [-0.4, -0.2) is 55.4 Å². The van der Waals surface area contributed by atoms with Crippen molar-refractivity contribution in [2.24, 2.45) is 11.8 Å². The average molecular weight is 429 g/mol. The van der Waals surface area contributed by atoms with Gasteiger partial charge in [-0.3, -0.25) is 9.69 Å². The van der Waals surface area contributed by atoms with Gasteiger partial charge in [-0.1, -0.05) is 19.4 Å². The number of hydrogen-bond acceptors (Lipinski definition) is 6. The number of fused-ring (bicyclic) bond motifs is 5. The SMILES string of the molecule is CC[C@@H]1CN2CCc3c([nH]c4ccc(CO)c(OC)c34)[C@@H]2C[C@@H]1C(=COC)COC=O. The molecule has 0 amide bonds. The third-order valence-corrected chi connectivity index (χ3v) is 7.04. The van der Waals surface area contributed by atoms with E-state index in [0.717, 1.165) is 60.1 Å². The van der Waals surface area contributed by atoms with Gasteiger partial charge in [0, 0.05) is 40.8 Å². The van der Waals surface area contributed by atoms with E-state index in [1.54, 1.807) is 20.5 Å². The van der Waals surface area contributed by atoms with Gasteiger partial charge in [-0.25, -0.2) is 0 Å². The summed E-state index contributed by atoms with van der Waals surface area (Å²) < 4.78 is 16.2. The van der Waals surface area contributed by atoms with Crippen molar-refractivity contribution in [3.63, 3.8) is 0 Å². The molecule has 1 fully saturated rings. The molecular formula is C24H32N2O5. The van der Waals surface area contributed by atoms with E-state index in [1.807, 2.05) is 12.1 Å². The van der Waals surface area contributed by atoms with Gasteiger partial charge >= 0.3 is 0 Å². The smallest absolute Gasteiger partial charge is 0.293 e. The normalized spacial score (nSPS) is 23.9. The van der Waals surface area contributed by atoms with Gasteiger partial charge in [-0.15, -0.1) is 0 Å². The molecule has 0 spiro atoms. The van der Waals surface area contributed by atoms with Crippen molar-refractivity contribution in [3.8, 4) is 5.75 Å². The van der Waals surface area contributed by atoms with Crippen molar-refractivity contribution in [2.75, 3.05) is 33.9 Å². The van der Waals surface area contributed by atoms with Crippen molar-refractivity contribution >= 4 is 17.4 Å². The standard InChI is InChI=1S/C24H32N2O5/c1-4-15-10-26-8-7-18-22-20(6-5-16(11-27)24(22)30-3)25-23(18)21(26)9-19(15)17(12-29-2)13-31-14-28/h5-6,12,14-15,19,21,25,27H,4,7-11,13H2,1-3H3/t15-,19+,21+/m1/s1. The van der Waals surface area contributed by atoms with Crippen LogP contribution in [0.4, 0.5) is 0 Å². The molecule has 1 aromatic carbocycles. The summed E-state index contributed by atoms with van der Waals surface area (Å²) in [7, 11) is 3.30. The summed E-state index contributed by atoms with van der Waals surface area (Å²) in [6, 6.07) is 4.21. The Labute approximate surface area is 183 Å². The van der Waals surface area contributed by atoms with E-state index in [9.17, 15) is 9.90 Å². The number of ether oxygens (including phenoxy) is 3. The number of aliphatic hydroxyl groups is 1. The lowest BCUT2D eigenvalue weighted by molar-refractivity contribution is -0.128. The van der Waals surface area contributed by atoms with Gasteiger partial charge in [0.15, 0.2) is 0 Å². The Morgan fingerprint density at radius 3 is 2.87 bits per heavy atom. The van der Waals surface area contributed by atoms with Crippen LogP contribution in [0.2, 0.25) is 0 Å². The predicted octanol–water partition coefficient (Wildman–Crippen LogP) is 3.32. The maximum absolute atomic E-state index is 10.8. The molecule has 3 heterocycles. The molecule has 2 aliphatic rings. The number of aliphatic hydroxyl groups excluding tert-OH is 1. The van der Waals surface area contributed by atoms with Gasteiger partial charge in [0.1, 0.15) is 12.4 Å². The highest BCUT2D eigenvalue weighted by Crippen LogP contribution is 2.47. The zero-order valence-corrected chi connectivity index (χ0v) is 18.5. The number of carbonyl (C=O) groups excluding carboxylic acids is 1. The van der Waals surface area contributed by atoms with Crippen molar-refractivity contribution in [1.82, 2.24) is 9.88 Å². The molecule has 2 N–H and O–H groups in total. The molecule has 0 bridgehead atoms. The van der Waals surface area contributed by atoms with Crippen LogP contribution in [0.5, 0.6) is 5.75 Å². The quantitative estimate of drug-likeness (QED) is 0.496. The summed E-state index contributed by atoms with van der Waals surface area (Å²) in [6.45, 7) is 4.94. The highest BCUT2D eigenvalue weighted by atomic mass is 16.5. The van der Waals surface area contributed by atoms with Crippen LogP contribution < -0.4 is 4.74 Å². The molecule has 2 aliphatic heterocycles. The molecule has 1 saturated heterocycles. The van der Waals surface area contributed by atoms with Crippen LogP contribution in [0.25, 0.3) is 10.9 Å². The number of nitrogens with zero attached hydrogens (tertiary/aromatic N) is 1. The third-order valence-electron chi connectivity index (χ3n) is 7.04. The average Bonchev–Trinajstić information content (AvgIpc) is 3.19. The lowest BCUT2D eigenvalue weighted by atomic mass is 9.74. The van der Waals surface area contributed by atoms with E-state index in [2.05, 4.69) is 16.8 Å². The first kappa shape index (κ1) is 21.7. The molecule has 0 aliphatic carbocycles. The van der Waals surface area contributed by atoms with Gasteiger partial charge < -0.3 is 24.3 Å². The van der Waals surface area contributed by atoms with Crippen LogP contribution in [-0.2, 0) is 27.3 Å². The Bertz CT molecular complexity index is 967. The summed E-state index contributed by atoms with van der Waals surface area (Å²) in [5, 5.41) is 10.9. The van der Waals surface area contributed by atoms with Gasteiger partial charge in [0.2, 0.25) is 0 Å². The molecule has 3 atom stereocenters. The highest BCUT2D eigenvalue weighted by molar-refractivity contribution is 5.92. The first-order valence-corrected chi connectivity index (χ1v) is 11.0. The minimum absolute atomic E-state index is 0.0449. The first-order chi connectivity index (χ1) is 15.2. The second-order valence-corrected chi connectivity index (χ2v) is 8.46. The molecule has 0 unspecified atom stereocenters. The van der Waals surface area contributed by atoms with E-state index < -0.39 is 0 Å². The van der Waals surface area contributed by atoms with Crippen LogP contribution in [0.3, 0.4) is 0 Å². The van der Waals surface area contributed by atoms with Crippen molar-refractivity contribution in [3.05, 3.63) is 40.8 Å². The Balaban J connectivity index is 1.74. The monoisotopic (exact) mass is 428 g/mol. The minimum atomic E-state index is -0.0449. The number of H-pyrrole nitrogens is 1. The van der Waals surface area contributed by atoms with Gasteiger partial charge in [0.05, 0.1) is 33.1 Å². The van der Waals surface area contributed by atoms with Crippen LogP contribution in [0.1, 0.15) is 42.6 Å². The molecule has 4 rings (SSSR count). The molecule has 7 nitrogen and oxygen atoms in total. The zero-order valence-electron chi connectivity index (χ0n) is 18.5.